The fourth-order valence-corrected chi connectivity index (χ4v) is 1.76. The maximum absolute atomic E-state index is 12.9. The van der Waals surface area contributed by atoms with Crippen molar-refractivity contribution in [2.75, 3.05) is 12.3 Å². The number of aromatic nitrogens is 1. The number of hydrogen-bond acceptors (Lipinski definition) is 7. The fourth-order valence-electron chi connectivity index (χ4n) is 1.36. The number of carbonyl (C=O) groups is 1. The summed E-state index contributed by atoms with van der Waals surface area (Å²) in [7, 11) is -6.13. The number of carbonyl (C=O) groups excluding carboxylic acids is 1. The predicted octanol–water partition coefficient (Wildman–Crippen LogP) is 2.01. The highest BCUT2D eigenvalue weighted by Crippen LogP contribution is 2.32. The molecule has 0 amide bonds. The third-order valence-electron chi connectivity index (χ3n) is 2.25. The zero-order valence-corrected chi connectivity index (χ0v) is 12.0. The average molecular weight is 364 g/mol. The maximum Gasteiger partial charge on any atom is 0.534 e. The van der Waals surface area contributed by atoms with Crippen molar-refractivity contribution in [3.8, 4) is 5.88 Å². The summed E-state index contributed by atoms with van der Waals surface area (Å²) >= 11 is 0. The molecule has 0 unspecified atom stereocenters. The smallest absolute Gasteiger partial charge is 0.462 e. The summed E-state index contributed by atoms with van der Waals surface area (Å²) in [6.45, 7) is 1.18. The van der Waals surface area contributed by atoms with Crippen LogP contribution in [0.15, 0.2) is 6.07 Å². The first kappa shape index (κ1) is 18.9. The zero-order chi connectivity index (χ0) is 18.0. The van der Waals surface area contributed by atoms with Crippen LogP contribution in [0.3, 0.4) is 0 Å². The number of nitrogen functional groups attached to an aromatic ring is 1. The molecule has 130 valence electrons. The lowest BCUT2D eigenvalue weighted by atomic mass is 10.1. The lowest BCUT2D eigenvalue weighted by Gasteiger charge is -2.13. The van der Waals surface area contributed by atoms with E-state index < -0.39 is 50.8 Å². The lowest BCUT2D eigenvalue weighted by Crippen LogP contribution is -2.28. The van der Waals surface area contributed by atoms with Crippen LogP contribution < -0.4 is 9.92 Å². The largest absolute Gasteiger partial charge is 0.534 e. The minimum absolute atomic E-state index is 0.163. The quantitative estimate of drug-likeness (QED) is 0.368. The van der Waals surface area contributed by atoms with Crippen molar-refractivity contribution in [2.45, 2.75) is 18.9 Å². The van der Waals surface area contributed by atoms with Gasteiger partial charge in [0, 0.05) is 11.6 Å². The van der Waals surface area contributed by atoms with E-state index in [1.54, 1.807) is 0 Å². The molecular weight excluding hydrogens is 355 g/mol. The number of alkyl halides is 5. The molecular formula is C10H9F5N2O5S. The second-order valence-corrected chi connectivity index (χ2v) is 5.35. The van der Waals surface area contributed by atoms with Crippen molar-refractivity contribution in [2.24, 2.45) is 0 Å². The van der Waals surface area contributed by atoms with Gasteiger partial charge in [-0.3, -0.25) is 0 Å². The standard InChI is InChI=1S/C10H9F5N2O5S/c1-2-21-9(18)6-4(7(11)12)3-5(17-8(6)16)22-23(19,20)10(13,14)15/h3,7H,2H2,1H3,(H2,16,17). The Morgan fingerprint density at radius 2 is 1.96 bits per heavy atom. The van der Waals surface area contributed by atoms with E-state index >= 15 is 0 Å². The minimum Gasteiger partial charge on any atom is -0.462 e. The van der Waals surface area contributed by atoms with E-state index in [4.69, 9.17) is 5.73 Å². The number of rotatable bonds is 5. The molecule has 0 radical (unpaired) electrons. The van der Waals surface area contributed by atoms with E-state index in [-0.39, 0.29) is 12.7 Å². The van der Waals surface area contributed by atoms with Gasteiger partial charge in [0.2, 0.25) is 5.88 Å². The molecule has 0 saturated heterocycles. The molecule has 0 aliphatic carbocycles. The Balaban J connectivity index is 3.38. The Hall–Kier alpha value is -2.18. The van der Waals surface area contributed by atoms with Crippen LogP contribution in [0, 0.1) is 0 Å². The van der Waals surface area contributed by atoms with E-state index in [9.17, 15) is 35.2 Å². The van der Waals surface area contributed by atoms with Gasteiger partial charge in [0.15, 0.2) is 0 Å². The topological polar surface area (TPSA) is 109 Å². The van der Waals surface area contributed by atoms with E-state index in [2.05, 4.69) is 13.9 Å². The van der Waals surface area contributed by atoms with Crippen LogP contribution in [-0.4, -0.2) is 31.5 Å². The second kappa shape index (κ2) is 6.52. The molecule has 7 nitrogen and oxygen atoms in total. The van der Waals surface area contributed by atoms with Crippen molar-refractivity contribution < 1.29 is 44.1 Å². The molecule has 0 aliphatic rings. The molecule has 0 aromatic carbocycles. The highest BCUT2D eigenvalue weighted by atomic mass is 32.2. The SMILES string of the molecule is CCOC(=O)c1c(C(F)F)cc(OS(=O)(=O)C(F)(F)F)nc1N. The molecule has 0 atom stereocenters. The molecule has 0 aliphatic heterocycles. The Labute approximate surface area is 126 Å². The van der Waals surface area contributed by atoms with Gasteiger partial charge in [0.05, 0.1) is 6.61 Å². The molecule has 0 spiro atoms. The van der Waals surface area contributed by atoms with Crippen LogP contribution in [0.4, 0.5) is 27.8 Å². The van der Waals surface area contributed by atoms with Crippen molar-refractivity contribution in [3.05, 3.63) is 17.2 Å². The van der Waals surface area contributed by atoms with Crippen LogP contribution in [0.1, 0.15) is 29.3 Å². The van der Waals surface area contributed by atoms with Gasteiger partial charge < -0.3 is 14.7 Å². The number of esters is 1. The monoisotopic (exact) mass is 364 g/mol. The Bertz CT molecular complexity index is 704. The van der Waals surface area contributed by atoms with Gasteiger partial charge in [-0.15, -0.1) is 0 Å². The number of nitrogens with two attached hydrogens (primary N) is 1. The van der Waals surface area contributed by atoms with Gasteiger partial charge in [-0.25, -0.2) is 13.6 Å². The van der Waals surface area contributed by atoms with Crippen LogP contribution >= 0.6 is 0 Å². The third-order valence-corrected chi connectivity index (χ3v) is 3.20. The van der Waals surface area contributed by atoms with Crippen LogP contribution in [-0.2, 0) is 14.9 Å². The molecule has 1 rings (SSSR count). The number of pyridine rings is 1. The number of nitrogens with zero attached hydrogens (tertiary/aromatic N) is 1. The van der Waals surface area contributed by atoms with Crippen LogP contribution in [0.5, 0.6) is 5.88 Å². The summed E-state index contributed by atoms with van der Waals surface area (Å²) in [4.78, 5) is 14.6. The Morgan fingerprint density at radius 1 is 1.39 bits per heavy atom. The fraction of sp³-hybridized carbons (Fsp3) is 0.400. The Kier molecular flexibility index (Phi) is 5.35. The van der Waals surface area contributed by atoms with Gasteiger partial charge in [0.25, 0.3) is 6.43 Å². The second-order valence-electron chi connectivity index (χ2n) is 3.81. The van der Waals surface area contributed by atoms with Crippen LogP contribution in [0.25, 0.3) is 0 Å². The lowest BCUT2D eigenvalue weighted by molar-refractivity contribution is -0.0501. The van der Waals surface area contributed by atoms with Gasteiger partial charge >= 0.3 is 21.6 Å². The van der Waals surface area contributed by atoms with Crippen molar-refractivity contribution >= 4 is 21.9 Å². The van der Waals surface area contributed by atoms with Gasteiger partial charge in [-0.05, 0) is 6.92 Å². The maximum atomic E-state index is 12.9. The average Bonchev–Trinajstić information content (AvgIpc) is 2.35. The van der Waals surface area contributed by atoms with Crippen molar-refractivity contribution in [1.82, 2.24) is 4.98 Å². The summed E-state index contributed by atoms with van der Waals surface area (Å²) in [5, 5.41) is 0. The molecule has 1 aromatic heterocycles. The predicted molar refractivity (Wildman–Crippen MR) is 65.2 cm³/mol. The normalized spacial score (nSPS) is 12.3. The van der Waals surface area contributed by atoms with Gasteiger partial charge in [-0.1, -0.05) is 0 Å². The highest BCUT2D eigenvalue weighted by molar-refractivity contribution is 7.87. The summed E-state index contributed by atoms with van der Waals surface area (Å²) < 4.78 is 92.2. The van der Waals surface area contributed by atoms with Gasteiger partial charge in [0.1, 0.15) is 11.4 Å². The third kappa shape index (κ3) is 4.18. The number of hydrogen-bond donors (Lipinski definition) is 1. The molecule has 23 heavy (non-hydrogen) atoms. The van der Waals surface area contributed by atoms with E-state index in [1.807, 2.05) is 0 Å². The molecule has 1 heterocycles. The molecule has 2 N–H and O–H groups in total. The minimum atomic E-state index is -6.13. The number of anilines is 1. The first-order valence-electron chi connectivity index (χ1n) is 5.67. The molecule has 1 aromatic rings. The summed E-state index contributed by atoms with van der Waals surface area (Å²) in [6, 6.07) is 0.163. The van der Waals surface area contributed by atoms with E-state index in [0.717, 1.165) is 0 Å². The van der Waals surface area contributed by atoms with Crippen molar-refractivity contribution in [1.29, 1.82) is 0 Å². The first-order valence-corrected chi connectivity index (χ1v) is 7.08. The summed E-state index contributed by atoms with van der Waals surface area (Å²) in [5.41, 5.74) is -2.65. The van der Waals surface area contributed by atoms with E-state index in [1.165, 1.54) is 6.92 Å². The van der Waals surface area contributed by atoms with Crippen molar-refractivity contribution in [3.63, 3.8) is 0 Å². The Morgan fingerprint density at radius 3 is 2.39 bits per heavy atom. The molecule has 13 heteroatoms. The van der Waals surface area contributed by atoms with Gasteiger partial charge in [-0.2, -0.15) is 26.6 Å². The number of ether oxygens (including phenoxy) is 1. The molecule has 0 bridgehead atoms. The molecule has 0 fully saturated rings. The van der Waals surface area contributed by atoms with E-state index in [0.29, 0.717) is 0 Å². The molecule has 0 saturated carbocycles. The highest BCUT2D eigenvalue weighted by Gasteiger charge is 2.49. The zero-order valence-electron chi connectivity index (χ0n) is 11.2. The van der Waals surface area contributed by atoms with Crippen LogP contribution in [0.2, 0.25) is 0 Å². The number of halogens is 5. The summed E-state index contributed by atoms with van der Waals surface area (Å²) in [5.74, 6) is -3.62. The summed E-state index contributed by atoms with van der Waals surface area (Å²) in [6.07, 6.45) is -3.38. The first-order chi connectivity index (χ1) is 10.4.